The molecule has 1 heterocycles. The Morgan fingerprint density at radius 2 is 1.89 bits per heavy atom. The van der Waals surface area contributed by atoms with Crippen molar-refractivity contribution in [3.05, 3.63) is 63.9 Å². The van der Waals surface area contributed by atoms with Crippen LogP contribution in [-0.4, -0.2) is 4.98 Å². The molecule has 0 saturated carbocycles. The van der Waals surface area contributed by atoms with Crippen molar-refractivity contribution in [3.63, 3.8) is 0 Å². The van der Waals surface area contributed by atoms with Gasteiger partial charge in [0, 0.05) is 17.1 Å². The minimum atomic E-state index is -0.134. The van der Waals surface area contributed by atoms with Gasteiger partial charge in [-0.3, -0.25) is 9.78 Å². The third kappa shape index (κ3) is 3.09. The highest BCUT2D eigenvalue weighted by atomic mass is 35.5. The van der Waals surface area contributed by atoms with Crippen molar-refractivity contribution in [2.75, 3.05) is 0 Å². The van der Waals surface area contributed by atoms with Crippen LogP contribution in [0.5, 0.6) is 0 Å². The second kappa shape index (κ2) is 6.86. The molecule has 0 fully saturated rings. The Hall–Kier alpha value is -1.93. The van der Waals surface area contributed by atoms with Crippen LogP contribution in [0.25, 0.3) is 23.1 Å². The van der Waals surface area contributed by atoms with Crippen molar-refractivity contribution >= 4 is 34.7 Å². The zero-order valence-electron chi connectivity index (χ0n) is 11.1. The van der Waals surface area contributed by atoms with Gasteiger partial charge in [-0.15, -0.1) is 0 Å². The first-order valence-electron chi connectivity index (χ1n) is 6.05. The standard InChI is InChI=1S/C14H10ClNO.C2H6/c1-3-9-5-6-13-12(7-10(15)8-16-13)14(17)11(9)4-2;1-2/h3-8H,1-2H2;1-2H3. The third-order valence-corrected chi connectivity index (χ3v) is 2.74. The maximum atomic E-state index is 12.3. The molecule has 0 aliphatic rings. The Morgan fingerprint density at radius 1 is 1.21 bits per heavy atom. The van der Waals surface area contributed by atoms with Gasteiger partial charge in [-0.1, -0.05) is 56.8 Å². The van der Waals surface area contributed by atoms with Crippen LogP contribution in [0.2, 0.25) is 5.02 Å². The van der Waals surface area contributed by atoms with Gasteiger partial charge in [0.05, 0.1) is 10.5 Å². The summed E-state index contributed by atoms with van der Waals surface area (Å²) in [5, 5.41) is 0.927. The first-order valence-corrected chi connectivity index (χ1v) is 6.42. The van der Waals surface area contributed by atoms with Gasteiger partial charge < -0.3 is 0 Å². The molecule has 1 aromatic carbocycles. The number of rotatable bonds is 2. The highest BCUT2D eigenvalue weighted by Gasteiger charge is 2.05. The van der Waals surface area contributed by atoms with E-state index in [1.54, 1.807) is 24.3 Å². The van der Waals surface area contributed by atoms with Crippen LogP contribution < -0.4 is 5.43 Å². The summed E-state index contributed by atoms with van der Waals surface area (Å²) in [6.07, 6.45) is 4.67. The molecule has 0 amide bonds. The van der Waals surface area contributed by atoms with Crippen LogP contribution >= 0.6 is 11.6 Å². The Kier molecular flexibility index (Phi) is 5.46. The quantitative estimate of drug-likeness (QED) is 0.803. The van der Waals surface area contributed by atoms with Crippen LogP contribution in [0, 0.1) is 0 Å². The van der Waals surface area contributed by atoms with E-state index in [1.165, 1.54) is 12.3 Å². The predicted molar refractivity (Wildman–Crippen MR) is 84.6 cm³/mol. The minimum Gasteiger partial charge on any atom is -0.289 e. The number of fused-ring (bicyclic) bond motifs is 1. The van der Waals surface area contributed by atoms with Crippen LogP contribution in [-0.2, 0) is 0 Å². The minimum absolute atomic E-state index is 0.134. The SMILES string of the molecule is C=Cc1ccc2ncc(Cl)cc2c(=O)c1C=C.CC. The molecule has 1 aromatic heterocycles. The molecule has 0 aliphatic heterocycles. The van der Waals surface area contributed by atoms with Crippen molar-refractivity contribution in [3.8, 4) is 0 Å². The van der Waals surface area contributed by atoms with E-state index in [2.05, 4.69) is 18.1 Å². The molecule has 0 saturated heterocycles. The van der Waals surface area contributed by atoms with Gasteiger partial charge in [0.25, 0.3) is 0 Å². The van der Waals surface area contributed by atoms with Crippen LogP contribution in [0.1, 0.15) is 25.0 Å². The normalized spacial score (nSPS) is 9.42. The van der Waals surface area contributed by atoms with Crippen LogP contribution in [0.4, 0.5) is 0 Å². The van der Waals surface area contributed by atoms with Gasteiger partial charge in [-0.05, 0) is 17.7 Å². The van der Waals surface area contributed by atoms with Crippen molar-refractivity contribution < 1.29 is 0 Å². The van der Waals surface area contributed by atoms with E-state index in [1.807, 2.05) is 13.8 Å². The molecular formula is C16H16ClNO. The van der Waals surface area contributed by atoms with Gasteiger partial charge >= 0.3 is 0 Å². The molecule has 98 valence electrons. The lowest BCUT2D eigenvalue weighted by molar-refractivity contribution is 1.41. The molecule has 0 atom stereocenters. The first-order chi connectivity index (χ1) is 9.17. The maximum absolute atomic E-state index is 12.3. The summed E-state index contributed by atoms with van der Waals surface area (Å²) in [6.45, 7) is 11.3. The summed E-state index contributed by atoms with van der Waals surface area (Å²) in [5.74, 6) is 0. The lowest BCUT2D eigenvalue weighted by Gasteiger charge is -1.93. The Morgan fingerprint density at radius 3 is 2.47 bits per heavy atom. The van der Waals surface area contributed by atoms with Crippen molar-refractivity contribution in [2.24, 2.45) is 0 Å². The van der Waals surface area contributed by atoms with E-state index in [0.717, 1.165) is 5.56 Å². The summed E-state index contributed by atoms with van der Waals surface area (Å²) in [7, 11) is 0. The smallest absolute Gasteiger partial charge is 0.195 e. The summed E-state index contributed by atoms with van der Waals surface area (Å²) < 4.78 is 0. The van der Waals surface area contributed by atoms with E-state index >= 15 is 0 Å². The third-order valence-electron chi connectivity index (χ3n) is 2.53. The van der Waals surface area contributed by atoms with Gasteiger partial charge in [0.1, 0.15) is 0 Å². The molecule has 0 unspecified atom stereocenters. The fraction of sp³-hybridized carbons (Fsp3) is 0.125. The number of aromatic nitrogens is 1. The van der Waals surface area contributed by atoms with E-state index in [0.29, 0.717) is 21.5 Å². The topological polar surface area (TPSA) is 30.0 Å². The number of hydrogen-bond donors (Lipinski definition) is 0. The molecule has 0 spiro atoms. The summed E-state index contributed by atoms with van der Waals surface area (Å²) in [5.41, 5.74) is 1.72. The molecule has 0 N–H and O–H groups in total. The monoisotopic (exact) mass is 273 g/mol. The predicted octanol–water partition coefficient (Wildman–Crippen LogP) is 4.56. The molecule has 2 rings (SSSR count). The van der Waals surface area contributed by atoms with Gasteiger partial charge in [0.15, 0.2) is 5.43 Å². The average molecular weight is 274 g/mol. The first kappa shape index (κ1) is 15.1. The number of pyridine rings is 1. The Labute approximate surface area is 118 Å². The summed E-state index contributed by atoms with van der Waals surface area (Å²) >= 11 is 5.86. The number of halogens is 1. The fourth-order valence-electron chi connectivity index (χ4n) is 1.69. The van der Waals surface area contributed by atoms with Crippen molar-refractivity contribution in [1.29, 1.82) is 0 Å². The number of nitrogens with zero attached hydrogens (tertiary/aromatic N) is 1. The zero-order chi connectivity index (χ0) is 14.4. The van der Waals surface area contributed by atoms with Gasteiger partial charge in [0.2, 0.25) is 0 Å². The average Bonchev–Trinajstić information content (AvgIpc) is 2.58. The summed E-state index contributed by atoms with van der Waals surface area (Å²) in [4.78, 5) is 16.4. The molecule has 0 aliphatic carbocycles. The maximum Gasteiger partial charge on any atom is 0.195 e. The van der Waals surface area contributed by atoms with Crippen LogP contribution in [0.3, 0.4) is 0 Å². The van der Waals surface area contributed by atoms with E-state index in [9.17, 15) is 4.79 Å². The lowest BCUT2D eigenvalue weighted by atomic mass is 10.1. The molecular weight excluding hydrogens is 258 g/mol. The van der Waals surface area contributed by atoms with E-state index in [-0.39, 0.29) is 5.43 Å². The van der Waals surface area contributed by atoms with Crippen LogP contribution in [0.15, 0.2) is 42.3 Å². The number of hydrogen-bond acceptors (Lipinski definition) is 2. The molecule has 2 nitrogen and oxygen atoms in total. The molecule has 3 heteroatoms. The van der Waals surface area contributed by atoms with Gasteiger partial charge in [-0.2, -0.15) is 0 Å². The second-order valence-corrected chi connectivity index (χ2v) is 3.96. The Bertz CT molecular complexity index is 677. The van der Waals surface area contributed by atoms with Crippen molar-refractivity contribution in [2.45, 2.75) is 13.8 Å². The second-order valence-electron chi connectivity index (χ2n) is 3.53. The Balaban J connectivity index is 0.000000861. The zero-order valence-corrected chi connectivity index (χ0v) is 11.9. The summed E-state index contributed by atoms with van der Waals surface area (Å²) in [6, 6.07) is 5.19. The molecule has 0 radical (unpaired) electrons. The van der Waals surface area contributed by atoms with Gasteiger partial charge in [-0.25, -0.2) is 0 Å². The fourth-order valence-corrected chi connectivity index (χ4v) is 1.85. The lowest BCUT2D eigenvalue weighted by Crippen LogP contribution is -2.03. The highest BCUT2D eigenvalue weighted by molar-refractivity contribution is 6.31. The van der Waals surface area contributed by atoms with E-state index < -0.39 is 0 Å². The van der Waals surface area contributed by atoms with Crippen molar-refractivity contribution in [1.82, 2.24) is 4.98 Å². The highest BCUT2D eigenvalue weighted by Crippen LogP contribution is 2.16. The molecule has 2 aromatic rings. The molecule has 0 bridgehead atoms. The van der Waals surface area contributed by atoms with E-state index in [4.69, 9.17) is 11.6 Å². The largest absolute Gasteiger partial charge is 0.289 e. The molecule has 19 heavy (non-hydrogen) atoms.